The molecule has 4 aromatic rings. The van der Waals surface area contributed by atoms with Crippen molar-refractivity contribution in [2.75, 3.05) is 13.1 Å². The number of pyridine rings is 2. The number of aryl methyl sites for hydroxylation is 2. The molecule has 2 aromatic carbocycles. The molecule has 13 heteroatoms. The van der Waals surface area contributed by atoms with Crippen LogP contribution in [-0.4, -0.2) is 97.3 Å². The molecule has 2 aromatic heterocycles. The molecule has 0 aliphatic carbocycles. The minimum atomic E-state index is -1.34. The Bertz CT molecular complexity index is 2080. The van der Waals surface area contributed by atoms with Gasteiger partial charge in [-0.3, -0.25) is 19.6 Å². The predicted octanol–water partition coefficient (Wildman–Crippen LogP) is 6.30. The minimum absolute atomic E-state index is 0.0411. The van der Waals surface area contributed by atoms with Crippen LogP contribution in [0.3, 0.4) is 0 Å². The van der Waals surface area contributed by atoms with Crippen molar-refractivity contribution in [3.63, 3.8) is 0 Å². The molecular formula is C47H61N7O6. The Balaban J connectivity index is 1.41. The number of aliphatic hydroxyl groups excluding tert-OH is 1. The first-order valence-electron chi connectivity index (χ1n) is 20.6. The Morgan fingerprint density at radius 3 is 2.05 bits per heavy atom. The number of benzene rings is 2. The quantitative estimate of drug-likeness (QED) is 0.0875. The number of urea groups is 1. The van der Waals surface area contributed by atoms with E-state index < -0.39 is 53.1 Å². The van der Waals surface area contributed by atoms with Gasteiger partial charge in [-0.25, -0.2) is 9.59 Å². The molecule has 60 heavy (non-hydrogen) atoms. The number of nitrogens with one attached hydrogen (secondary N) is 3. The highest BCUT2D eigenvalue weighted by molar-refractivity contribution is 5.89. The Morgan fingerprint density at radius 2 is 1.45 bits per heavy atom. The van der Waals surface area contributed by atoms with Crippen LogP contribution in [0.15, 0.2) is 91.1 Å². The van der Waals surface area contributed by atoms with Crippen molar-refractivity contribution in [3.05, 3.63) is 119 Å². The van der Waals surface area contributed by atoms with E-state index in [1.807, 2.05) is 120 Å². The molecule has 1 fully saturated rings. The maximum atomic E-state index is 14.6. The molecule has 13 nitrogen and oxygen atoms in total. The summed E-state index contributed by atoms with van der Waals surface area (Å²) in [5, 5.41) is 30.3. The fourth-order valence-electron chi connectivity index (χ4n) is 7.75. The molecule has 5 rings (SSSR count). The van der Waals surface area contributed by atoms with Gasteiger partial charge < -0.3 is 36.0 Å². The lowest BCUT2D eigenvalue weighted by molar-refractivity contribution is -0.130. The Kier molecular flexibility index (Phi) is 14.7. The average Bonchev–Trinajstić information content (AvgIpc) is 3.51. The molecule has 1 aliphatic rings. The van der Waals surface area contributed by atoms with Crippen molar-refractivity contribution in [2.24, 2.45) is 10.8 Å². The monoisotopic (exact) mass is 819 g/mol. The molecule has 1 saturated heterocycles. The third-order valence-electron chi connectivity index (χ3n) is 10.8. The number of amides is 5. The van der Waals surface area contributed by atoms with E-state index in [9.17, 15) is 29.4 Å². The van der Waals surface area contributed by atoms with Gasteiger partial charge in [0.15, 0.2) is 0 Å². The molecular weight excluding hydrogens is 759 g/mol. The summed E-state index contributed by atoms with van der Waals surface area (Å²) < 4.78 is 0. The molecule has 5 N–H and O–H groups in total. The molecule has 5 atom stereocenters. The zero-order valence-electron chi connectivity index (χ0n) is 36.1. The zero-order valence-corrected chi connectivity index (χ0v) is 36.1. The van der Waals surface area contributed by atoms with Gasteiger partial charge in [-0.15, -0.1) is 0 Å². The summed E-state index contributed by atoms with van der Waals surface area (Å²) in [5.74, 6) is -0.928. The molecule has 320 valence electrons. The molecule has 5 amide bonds. The standard InChI is InChI=1S/C47H61N7O6/c1-30-17-22-37(48-28-30)34-20-18-33(19-21-34)26-38(51-42(56)40(46(3,4)5)52-44(58)59)39(55)27-36(25-32-14-10-9-11-15-32)50-43(57)41(47(6,7)8)54-24-23-53(45(54)60)29-35-16-12-13-31(2)49-35/h9-22,28,36,38-41,52,55H,23-27,29H2,1-8H3,(H,50,57)(H,51,56)(H,58,59)/t36?,38?,39?,40?,41-/m1/s1. The van der Waals surface area contributed by atoms with E-state index in [-0.39, 0.29) is 24.8 Å². The predicted molar refractivity (Wildman–Crippen MR) is 232 cm³/mol. The highest BCUT2D eigenvalue weighted by Crippen LogP contribution is 2.29. The largest absolute Gasteiger partial charge is 0.465 e. The molecule has 0 bridgehead atoms. The summed E-state index contributed by atoms with van der Waals surface area (Å²) in [6, 6.07) is 23.3. The third kappa shape index (κ3) is 12.4. The number of nitrogens with zero attached hydrogens (tertiary/aromatic N) is 4. The summed E-state index contributed by atoms with van der Waals surface area (Å²) in [4.78, 5) is 66.6. The van der Waals surface area contributed by atoms with Crippen LogP contribution in [-0.2, 0) is 29.0 Å². The minimum Gasteiger partial charge on any atom is -0.465 e. The lowest BCUT2D eigenvalue weighted by Gasteiger charge is -2.38. The summed E-state index contributed by atoms with van der Waals surface area (Å²) >= 11 is 0. The van der Waals surface area contributed by atoms with Gasteiger partial charge in [-0.2, -0.15) is 0 Å². The van der Waals surface area contributed by atoms with E-state index >= 15 is 0 Å². The topological polar surface area (TPSA) is 177 Å². The zero-order chi connectivity index (χ0) is 43.8. The van der Waals surface area contributed by atoms with E-state index in [1.165, 1.54) is 0 Å². The number of carbonyl (C=O) groups excluding carboxylic acids is 3. The second-order valence-corrected chi connectivity index (χ2v) is 18.1. The highest BCUT2D eigenvalue weighted by atomic mass is 16.4. The number of carboxylic acid groups (broad SMARTS) is 1. The first-order chi connectivity index (χ1) is 28.3. The van der Waals surface area contributed by atoms with Gasteiger partial charge in [0.1, 0.15) is 12.1 Å². The van der Waals surface area contributed by atoms with Gasteiger partial charge in [0, 0.05) is 36.6 Å². The van der Waals surface area contributed by atoms with Gasteiger partial charge >= 0.3 is 12.1 Å². The van der Waals surface area contributed by atoms with Crippen LogP contribution >= 0.6 is 0 Å². The summed E-state index contributed by atoms with van der Waals surface area (Å²) in [5.41, 5.74) is 4.71. The lowest BCUT2D eigenvalue weighted by Crippen LogP contribution is -2.59. The summed E-state index contributed by atoms with van der Waals surface area (Å²) in [6.45, 7) is 16.1. The first kappa shape index (κ1) is 45.3. The lowest BCUT2D eigenvalue weighted by atomic mass is 9.84. The van der Waals surface area contributed by atoms with Crippen molar-refractivity contribution in [2.45, 2.75) is 111 Å². The van der Waals surface area contributed by atoms with Gasteiger partial charge in [0.25, 0.3) is 0 Å². The van der Waals surface area contributed by atoms with E-state index in [0.29, 0.717) is 26.1 Å². The third-order valence-corrected chi connectivity index (χ3v) is 10.8. The van der Waals surface area contributed by atoms with Crippen molar-refractivity contribution >= 4 is 23.9 Å². The molecule has 0 spiro atoms. The van der Waals surface area contributed by atoms with E-state index in [2.05, 4.69) is 25.9 Å². The van der Waals surface area contributed by atoms with Crippen LogP contribution in [0, 0.1) is 24.7 Å². The first-order valence-corrected chi connectivity index (χ1v) is 20.6. The Morgan fingerprint density at radius 1 is 0.767 bits per heavy atom. The number of aromatic nitrogens is 2. The normalized spacial score (nSPS) is 15.8. The van der Waals surface area contributed by atoms with Crippen molar-refractivity contribution < 1.29 is 29.4 Å². The average molecular weight is 820 g/mol. The summed E-state index contributed by atoms with van der Waals surface area (Å²) in [6.07, 6.45) is -0.108. The fourth-order valence-corrected chi connectivity index (χ4v) is 7.75. The molecule has 1 aliphatic heterocycles. The van der Waals surface area contributed by atoms with E-state index in [0.717, 1.165) is 39.3 Å². The second kappa shape index (κ2) is 19.5. The number of carbonyl (C=O) groups is 4. The van der Waals surface area contributed by atoms with Crippen molar-refractivity contribution in [1.82, 2.24) is 35.7 Å². The smallest absolute Gasteiger partial charge is 0.405 e. The highest BCUT2D eigenvalue weighted by Gasteiger charge is 2.44. The maximum absolute atomic E-state index is 14.6. The van der Waals surface area contributed by atoms with Gasteiger partial charge in [0.2, 0.25) is 11.8 Å². The van der Waals surface area contributed by atoms with Crippen LogP contribution in [0.2, 0.25) is 0 Å². The number of rotatable bonds is 16. The van der Waals surface area contributed by atoms with E-state index in [4.69, 9.17) is 0 Å². The number of aliphatic hydroxyl groups is 1. The molecule has 0 radical (unpaired) electrons. The second-order valence-electron chi connectivity index (χ2n) is 18.1. The Hall–Kier alpha value is -5.82. The van der Waals surface area contributed by atoms with Crippen LogP contribution < -0.4 is 16.0 Å². The van der Waals surface area contributed by atoms with Crippen LogP contribution in [0.5, 0.6) is 0 Å². The fraction of sp³-hybridized carbons (Fsp3) is 0.447. The molecule has 3 heterocycles. The van der Waals surface area contributed by atoms with E-state index in [1.54, 1.807) is 36.8 Å². The van der Waals surface area contributed by atoms with Crippen LogP contribution in [0.1, 0.15) is 76.0 Å². The van der Waals surface area contributed by atoms with Crippen LogP contribution in [0.25, 0.3) is 11.3 Å². The van der Waals surface area contributed by atoms with Gasteiger partial charge in [-0.1, -0.05) is 108 Å². The SMILES string of the molecule is Cc1ccc(-c2ccc(CC(NC(=O)C(NC(=O)O)C(C)(C)C)C(O)CC(Cc3ccccc3)NC(=O)[C@@H](N3CCN(Cc4cccc(C)n4)C3=O)C(C)(C)C)cc2)nc1. The molecule has 0 saturated carbocycles. The Labute approximate surface area is 354 Å². The number of hydrogen-bond acceptors (Lipinski definition) is 7. The van der Waals surface area contributed by atoms with Crippen molar-refractivity contribution in [1.29, 1.82) is 0 Å². The van der Waals surface area contributed by atoms with Crippen molar-refractivity contribution in [3.8, 4) is 11.3 Å². The van der Waals surface area contributed by atoms with Crippen LogP contribution in [0.4, 0.5) is 9.59 Å². The maximum Gasteiger partial charge on any atom is 0.405 e. The summed E-state index contributed by atoms with van der Waals surface area (Å²) in [7, 11) is 0. The van der Waals surface area contributed by atoms with Gasteiger partial charge in [-0.05, 0) is 78.8 Å². The van der Waals surface area contributed by atoms with Gasteiger partial charge in [0.05, 0.1) is 30.1 Å². The number of hydrogen-bond donors (Lipinski definition) is 5. The molecule has 4 unspecified atom stereocenters.